The standard InChI is InChI=1S/C24H28N2O5S2/c1-15-3-9-19-20(13-15)32-24(22(19)23(28)25-17-11-12-33(29,30)14-17)26-21(27)10-6-16-4-7-18(31-2)8-5-16/h4-8,10,15,17H,3,9,11-14H2,1-2H3,(H,25,28)(H,26,27)/b10-6+/t15-,17-/m1/s1. The van der Waals surface area contributed by atoms with Crippen molar-refractivity contribution in [1.29, 1.82) is 0 Å². The van der Waals surface area contributed by atoms with Gasteiger partial charge in [0.25, 0.3) is 5.91 Å². The highest BCUT2D eigenvalue weighted by Crippen LogP contribution is 2.39. The first-order valence-electron chi connectivity index (χ1n) is 11.0. The number of thiophene rings is 1. The van der Waals surface area contributed by atoms with Gasteiger partial charge in [-0.3, -0.25) is 9.59 Å². The molecule has 1 fully saturated rings. The second-order valence-corrected chi connectivity index (χ2v) is 12.1. The highest BCUT2D eigenvalue weighted by molar-refractivity contribution is 7.91. The van der Waals surface area contributed by atoms with Crippen LogP contribution in [-0.4, -0.2) is 44.9 Å². The van der Waals surface area contributed by atoms with E-state index in [1.807, 2.05) is 24.3 Å². The molecule has 2 aliphatic rings. The number of rotatable bonds is 6. The zero-order chi connectivity index (χ0) is 23.6. The Balaban J connectivity index is 1.53. The minimum atomic E-state index is -3.10. The number of sulfone groups is 1. The molecule has 0 radical (unpaired) electrons. The number of benzene rings is 1. The SMILES string of the molecule is COc1ccc(/C=C/C(=O)Nc2sc3c(c2C(=O)N[C@@H]2CCS(=O)(=O)C2)CC[C@@H](C)C3)cc1. The van der Waals surface area contributed by atoms with Gasteiger partial charge in [0.15, 0.2) is 9.84 Å². The predicted octanol–water partition coefficient (Wildman–Crippen LogP) is 3.45. The molecule has 2 N–H and O–H groups in total. The molecule has 33 heavy (non-hydrogen) atoms. The molecule has 1 aromatic carbocycles. The maximum Gasteiger partial charge on any atom is 0.254 e. The molecule has 176 valence electrons. The summed E-state index contributed by atoms with van der Waals surface area (Å²) in [5.41, 5.74) is 2.31. The number of amides is 2. The number of ether oxygens (including phenoxy) is 1. The second kappa shape index (κ2) is 9.69. The van der Waals surface area contributed by atoms with Crippen LogP contribution in [0.4, 0.5) is 5.00 Å². The van der Waals surface area contributed by atoms with Gasteiger partial charge in [-0.1, -0.05) is 19.1 Å². The van der Waals surface area contributed by atoms with Crippen molar-refractivity contribution >= 4 is 44.1 Å². The van der Waals surface area contributed by atoms with Gasteiger partial charge in [0, 0.05) is 17.0 Å². The molecule has 2 atom stereocenters. The summed E-state index contributed by atoms with van der Waals surface area (Å²) in [7, 11) is -1.50. The number of nitrogens with one attached hydrogen (secondary N) is 2. The van der Waals surface area contributed by atoms with Gasteiger partial charge in [0.05, 0.1) is 24.2 Å². The zero-order valence-electron chi connectivity index (χ0n) is 18.7. The summed E-state index contributed by atoms with van der Waals surface area (Å²) < 4.78 is 28.7. The first-order chi connectivity index (χ1) is 15.7. The number of hydrogen-bond acceptors (Lipinski definition) is 6. The van der Waals surface area contributed by atoms with Crippen LogP contribution in [-0.2, 0) is 27.5 Å². The van der Waals surface area contributed by atoms with Crippen molar-refractivity contribution in [3.8, 4) is 5.75 Å². The lowest BCUT2D eigenvalue weighted by Crippen LogP contribution is -2.36. The van der Waals surface area contributed by atoms with Crippen molar-refractivity contribution in [3.05, 3.63) is 51.9 Å². The number of carbonyl (C=O) groups excluding carboxylic acids is 2. The third-order valence-corrected chi connectivity index (χ3v) is 9.02. The zero-order valence-corrected chi connectivity index (χ0v) is 20.4. The molecule has 0 spiro atoms. The van der Waals surface area contributed by atoms with Crippen molar-refractivity contribution < 1.29 is 22.7 Å². The Hall–Kier alpha value is -2.65. The summed E-state index contributed by atoms with van der Waals surface area (Å²) in [4.78, 5) is 27.0. The lowest BCUT2D eigenvalue weighted by Gasteiger charge is -2.19. The minimum absolute atomic E-state index is 0.0333. The van der Waals surface area contributed by atoms with E-state index in [4.69, 9.17) is 4.74 Å². The lowest BCUT2D eigenvalue weighted by atomic mass is 9.88. The molecule has 7 nitrogen and oxygen atoms in total. The van der Waals surface area contributed by atoms with Gasteiger partial charge in [0.2, 0.25) is 5.91 Å². The van der Waals surface area contributed by atoms with Crippen LogP contribution in [0, 0.1) is 5.92 Å². The van der Waals surface area contributed by atoms with E-state index in [0.717, 1.165) is 41.0 Å². The number of fused-ring (bicyclic) bond motifs is 1. The Morgan fingerprint density at radius 2 is 1.94 bits per heavy atom. The summed E-state index contributed by atoms with van der Waals surface area (Å²) in [5, 5.41) is 6.30. The van der Waals surface area contributed by atoms with Crippen molar-refractivity contribution in [2.75, 3.05) is 23.9 Å². The monoisotopic (exact) mass is 488 g/mol. The number of anilines is 1. The summed E-state index contributed by atoms with van der Waals surface area (Å²) in [5.74, 6) is 0.686. The highest BCUT2D eigenvalue weighted by atomic mass is 32.2. The topological polar surface area (TPSA) is 102 Å². The summed E-state index contributed by atoms with van der Waals surface area (Å²) in [6.45, 7) is 2.18. The quantitative estimate of drug-likeness (QED) is 0.607. The van der Waals surface area contributed by atoms with E-state index in [9.17, 15) is 18.0 Å². The van der Waals surface area contributed by atoms with E-state index >= 15 is 0 Å². The van der Waals surface area contributed by atoms with Crippen molar-refractivity contribution in [2.45, 2.75) is 38.6 Å². The summed E-state index contributed by atoms with van der Waals surface area (Å²) in [6.07, 6.45) is 6.18. The van der Waals surface area contributed by atoms with Gasteiger partial charge in [-0.2, -0.15) is 0 Å². The van der Waals surface area contributed by atoms with Gasteiger partial charge in [0.1, 0.15) is 10.8 Å². The maximum absolute atomic E-state index is 13.2. The summed E-state index contributed by atoms with van der Waals surface area (Å²) in [6, 6.07) is 6.94. The van der Waals surface area contributed by atoms with Crippen molar-refractivity contribution in [1.82, 2.24) is 5.32 Å². The van der Waals surface area contributed by atoms with Crippen molar-refractivity contribution in [3.63, 3.8) is 0 Å². The number of hydrogen-bond donors (Lipinski definition) is 2. The van der Waals surface area contributed by atoms with E-state index in [1.54, 1.807) is 13.2 Å². The van der Waals surface area contributed by atoms with Crippen LogP contribution >= 0.6 is 11.3 Å². The van der Waals surface area contributed by atoms with Crippen LogP contribution in [0.25, 0.3) is 6.08 Å². The van der Waals surface area contributed by atoms with E-state index in [0.29, 0.717) is 22.9 Å². The molecule has 1 aliphatic heterocycles. The van der Waals surface area contributed by atoms with Crippen molar-refractivity contribution in [2.24, 2.45) is 5.92 Å². The molecule has 1 aliphatic carbocycles. The Morgan fingerprint density at radius 1 is 1.18 bits per heavy atom. The fourth-order valence-corrected chi connectivity index (χ4v) is 7.37. The Labute approximate surface area is 198 Å². The van der Waals surface area contributed by atoms with Crippen LogP contribution in [0.15, 0.2) is 30.3 Å². The van der Waals surface area contributed by atoms with E-state index in [1.165, 1.54) is 17.4 Å². The average Bonchev–Trinajstić information content (AvgIpc) is 3.30. The van der Waals surface area contributed by atoms with Gasteiger partial charge in [-0.25, -0.2) is 8.42 Å². The third kappa shape index (κ3) is 5.65. The molecule has 0 saturated carbocycles. The second-order valence-electron chi connectivity index (χ2n) is 8.73. The molecule has 0 unspecified atom stereocenters. The average molecular weight is 489 g/mol. The van der Waals surface area contributed by atoms with Crippen LogP contribution in [0.3, 0.4) is 0 Å². The van der Waals surface area contributed by atoms with Crippen LogP contribution in [0.2, 0.25) is 0 Å². The molecule has 9 heteroatoms. The first-order valence-corrected chi connectivity index (χ1v) is 13.7. The Morgan fingerprint density at radius 3 is 2.61 bits per heavy atom. The van der Waals surface area contributed by atoms with E-state index < -0.39 is 9.84 Å². The van der Waals surface area contributed by atoms with Crippen LogP contribution in [0.1, 0.15) is 46.1 Å². The predicted molar refractivity (Wildman–Crippen MR) is 131 cm³/mol. The molecule has 1 saturated heterocycles. The lowest BCUT2D eigenvalue weighted by molar-refractivity contribution is -0.111. The highest BCUT2D eigenvalue weighted by Gasteiger charge is 2.32. The molecular formula is C24H28N2O5S2. The molecule has 2 aromatic rings. The molecule has 4 rings (SSSR count). The molecule has 2 amide bonds. The van der Waals surface area contributed by atoms with Gasteiger partial charge < -0.3 is 15.4 Å². The van der Waals surface area contributed by atoms with Crippen LogP contribution in [0.5, 0.6) is 5.75 Å². The number of methoxy groups -OCH3 is 1. The largest absolute Gasteiger partial charge is 0.497 e. The van der Waals surface area contributed by atoms with Gasteiger partial charge in [-0.05, 0) is 60.9 Å². The molecule has 1 aromatic heterocycles. The Kier molecular flexibility index (Phi) is 6.90. The van der Waals surface area contributed by atoms with E-state index in [2.05, 4.69) is 17.6 Å². The summed E-state index contributed by atoms with van der Waals surface area (Å²) >= 11 is 1.45. The Bertz CT molecular complexity index is 1180. The molecular weight excluding hydrogens is 460 g/mol. The fraction of sp³-hybridized carbons (Fsp3) is 0.417. The third-order valence-electron chi connectivity index (χ3n) is 6.09. The molecule has 2 heterocycles. The van der Waals surface area contributed by atoms with E-state index in [-0.39, 0.29) is 29.4 Å². The first kappa shape index (κ1) is 23.5. The smallest absolute Gasteiger partial charge is 0.254 e. The minimum Gasteiger partial charge on any atom is -0.497 e. The van der Waals surface area contributed by atoms with Gasteiger partial charge >= 0.3 is 0 Å². The molecule has 0 bridgehead atoms. The number of carbonyl (C=O) groups is 2. The normalized spacial score (nSPS) is 21.5. The van der Waals surface area contributed by atoms with Gasteiger partial charge in [-0.15, -0.1) is 11.3 Å². The fourth-order valence-electron chi connectivity index (χ4n) is 4.29. The van der Waals surface area contributed by atoms with Crippen LogP contribution < -0.4 is 15.4 Å². The maximum atomic E-state index is 13.2.